The van der Waals surface area contributed by atoms with E-state index in [-0.39, 0.29) is 0 Å². The van der Waals surface area contributed by atoms with Crippen molar-refractivity contribution in [2.75, 3.05) is 0 Å². The fourth-order valence-electron chi connectivity index (χ4n) is 1.18. The molecule has 0 aromatic carbocycles. The van der Waals surface area contributed by atoms with Gasteiger partial charge in [-0.05, 0) is 19.3 Å². The van der Waals surface area contributed by atoms with Gasteiger partial charge in [0.2, 0.25) is 0 Å². The number of ether oxygens (including phenoxy) is 1. The zero-order valence-corrected chi connectivity index (χ0v) is 8.34. The Bertz CT molecular complexity index is 310. The summed E-state index contributed by atoms with van der Waals surface area (Å²) in [6.45, 7) is 2.09. The van der Waals surface area contributed by atoms with Crippen molar-refractivity contribution in [3.8, 4) is 5.75 Å². The molecule has 0 spiro atoms. The van der Waals surface area contributed by atoms with E-state index in [9.17, 15) is 0 Å². The van der Waals surface area contributed by atoms with E-state index in [1.807, 2.05) is 0 Å². The molecule has 1 aliphatic rings. The molecule has 1 aromatic rings. The molecular weight excluding hydrogens is 186 g/mol. The Kier molecular flexibility index (Phi) is 2.40. The maximum Gasteiger partial charge on any atom is 0.132 e. The lowest BCUT2D eigenvalue weighted by molar-refractivity contribution is 0.300. The fourth-order valence-corrected chi connectivity index (χ4v) is 1.33. The molecule has 0 amide bonds. The lowest BCUT2D eigenvalue weighted by Gasteiger charge is -2.08. The van der Waals surface area contributed by atoms with Crippen LogP contribution in [0.1, 0.15) is 25.3 Å². The highest BCUT2D eigenvalue weighted by atomic mass is 35.5. The van der Waals surface area contributed by atoms with Gasteiger partial charge in [-0.15, -0.1) is 0 Å². The number of rotatable bonds is 3. The SMILES string of the molecule is CCc1cnc(Cl)cc1OC1CC1. The van der Waals surface area contributed by atoms with E-state index in [1.54, 1.807) is 12.3 Å². The molecule has 0 aliphatic heterocycles. The summed E-state index contributed by atoms with van der Waals surface area (Å²) in [5.41, 5.74) is 1.14. The van der Waals surface area contributed by atoms with Crippen LogP contribution in [-0.2, 0) is 6.42 Å². The quantitative estimate of drug-likeness (QED) is 0.696. The molecule has 0 N–H and O–H groups in total. The minimum atomic E-state index is 0.420. The van der Waals surface area contributed by atoms with E-state index in [0.717, 1.165) is 17.7 Å². The summed E-state index contributed by atoms with van der Waals surface area (Å²) in [6, 6.07) is 1.80. The van der Waals surface area contributed by atoms with Crippen LogP contribution in [0.2, 0.25) is 5.15 Å². The zero-order valence-electron chi connectivity index (χ0n) is 7.59. The van der Waals surface area contributed by atoms with Crippen molar-refractivity contribution >= 4 is 11.6 Å². The molecule has 1 fully saturated rings. The topological polar surface area (TPSA) is 22.1 Å². The summed E-state index contributed by atoms with van der Waals surface area (Å²) >= 11 is 5.79. The van der Waals surface area contributed by atoms with Crippen LogP contribution < -0.4 is 4.74 Å². The smallest absolute Gasteiger partial charge is 0.132 e. The Labute approximate surface area is 82.9 Å². The number of halogens is 1. The van der Waals surface area contributed by atoms with Gasteiger partial charge in [-0.2, -0.15) is 0 Å². The molecule has 1 aliphatic carbocycles. The summed E-state index contributed by atoms with van der Waals surface area (Å²) in [7, 11) is 0. The Morgan fingerprint density at radius 3 is 3.00 bits per heavy atom. The lowest BCUT2D eigenvalue weighted by Crippen LogP contribution is -1.99. The summed E-state index contributed by atoms with van der Waals surface area (Å²) < 4.78 is 5.70. The molecule has 0 radical (unpaired) electrons. The Hall–Kier alpha value is -0.760. The molecule has 0 bridgehead atoms. The average molecular weight is 198 g/mol. The third kappa shape index (κ3) is 2.13. The third-order valence-electron chi connectivity index (χ3n) is 2.11. The molecule has 1 aromatic heterocycles. The Morgan fingerprint density at radius 1 is 1.62 bits per heavy atom. The summed E-state index contributed by atoms with van der Waals surface area (Å²) in [6.07, 6.45) is 5.49. The van der Waals surface area contributed by atoms with Crippen LogP contribution in [0.25, 0.3) is 0 Å². The number of pyridine rings is 1. The standard InChI is InChI=1S/C10H12ClNO/c1-2-7-6-12-10(11)5-9(7)13-8-3-4-8/h5-6,8H,2-4H2,1H3. The minimum absolute atomic E-state index is 0.420. The average Bonchev–Trinajstić information content (AvgIpc) is 2.89. The van der Waals surface area contributed by atoms with Crippen LogP contribution in [0, 0.1) is 0 Å². The molecule has 1 heterocycles. The normalized spacial score (nSPS) is 15.8. The third-order valence-corrected chi connectivity index (χ3v) is 2.32. The first-order valence-corrected chi connectivity index (χ1v) is 4.98. The van der Waals surface area contributed by atoms with Crippen molar-refractivity contribution in [3.63, 3.8) is 0 Å². The number of aryl methyl sites for hydroxylation is 1. The van der Waals surface area contributed by atoms with E-state index in [1.165, 1.54) is 12.8 Å². The van der Waals surface area contributed by atoms with Gasteiger partial charge in [-0.25, -0.2) is 4.98 Å². The van der Waals surface area contributed by atoms with E-state index in [0.29, 0.717) is 11.3 Å². The summed E-state index contributed by atoms with van der Waals surface area (Å²) in [5, 5.41) is 0.507. The summed E-state index contributed by atoms with van der Waals surface area (Å²) in [4.78, 5) is 4.02. The van der Waals surface area contributed by atoms with Crippen LogP contribution >= 0.6 is 11.6 Å². The van der Waals surface area contributed by atoms with Gasteiger partial charge in [0, 0.05) is 17.8 Å². The maximum atomic E-state index is 5.79. The first kappa shape index (κ1) is 8.82. The highest BCUT2D eigenvalue weighted by Crippen LogP contribution is 2.30. The van der Waals surface area contributed by atoms with E-state index in [4.69, 9.17) is 16.3 Å². The largest absolute Gasteiger partial charge is 0.490 e. The van der Waals surface area contributed by atoms with Crippen LogP contribution in [0.5, 0.6) is 5.75 Å². The van der Waals surface area contributed by atoms with Crippen molar-refractivity contribution in [3.05, 3.63) is 23.0 Å². The molecule has 0 saturated heterocycles. The monoisotopic (exact) mass is 197 g/mol. The second kappa shape index (κ2) is 3.54. The number of hydrogen-bond acceptors (Lipinski definition) is 2. The van der Waals surface area contributed by atoms with Gasteiger partial charge in [-0.1, -0.05) is 18.5 Å². The minimum Gasteiger partial charge on any atom is -0.490 e. The van der Waals surface area contributed by atoms with Crippen molar-refractivity contribution in [1.29, 1.82) is 0 Å². The molecule has 1 saturated carbocycles. The molecule has 3 heteroatoms. The molecular formula is C10H12ClNO. The van der Waals surface area contributed by atoms with Crippen molar-refractivity contribution in [2.24, 2.45) is 0 Å². The van der Waals surface area contributed by atoms with E-state index >= 15 is 0 Å². The van der Waals surface area contributed by atoms with Crippen molar-refractivity contribution < 1.29 is 4.74 Å². The predicted molar refractivity (Wildman–Crippen MR) is 52.3 cm³/mol. The molecule has 0 atom stereocenters. The number of nitrogens with zero attached hydrogens (tertiary/aromatic N) is 1. The van der Waals surface area contributed by atoms with Crippen LogP contribution in [-0.4, -0.2) is 11.1 Å². The van der Waals surface area contributed by atoms with Gasteiger partial charge in [0.25, 0.3) is 0 Å². The van der Waals surface area contributed by atoms with Crippen molar-refractivity contribution in [1.82, 2.24) is 4.98 Å². The van der Waals surface area contributed by atoms with E-state index in [2.05, 4.69) is 11.9 Å². The van der Waals surface area contributed by atoms with Crippen LogP contribution in [0.3, 0.4) is 0 Å². The van der Waals surface area contributed by atoms with Gasteiger partial charge in [0.1, 0.15) is 10.9 Å². The maximum absolute atomic E-state index is 5.79. The van der Waals surface area contributed by atoms with Gasteiger partial charge in [0.05, 0.1) is 6.10 Å². The Morgan fingerprint density at radius 2 is 2.38 bits per heavy atom. The molecule has 0 unspecified atom stereocenters. The molecule has 13 heavy (non-hydrogen) atoms. The second-order valence-corrected chi connectivity index (χ2v) is 3.67. The zero-order chi connectivity index (χ0) is 9.26. The van der Waals surface area contributed by atoms with Gasteiger partial charge in [-0.3, -0.25) is 0 Å². The van der Waals surface area contributed by atoms with Gasteiger partial charge in [0.15, 0.2) is 0 Å². The van der Waals surface area contributed by atoms with Crippen LogP contribution in [0.15, 0.2) is 12.3 Å². The van der Waals surface area contributed by atoms with Crippen LogP contribution in [0.4, 0.5) is 0 Å². The summed E-state index contributed by atoms with van der Waals surface area (Å²) in [5.74, 6) is 0.907. The number of aromatic nitrogens is 1. The molecule has 70 valence electrons. The highest BCUT2D eigenvalue weighted by molar-refractivity contribution is 6.29. The van der Waals surface area contributed by atoms with Crippen molar-refractivity contribution in [2.45, 2.75) is 32.3 Å². The van der Waals surface area contributed by atoms with Gasteiger partial charge >= 0.3 is 0 Å². The van der Waals surface area contributed by atoms with E-state index < -0.39 is 0 Å². The Balaban J connectivity index is 2.22. The highest BCUT2D eigenvalue weighted by Gasteiger charge is 2.24. The second-order valence-electron chi connectivity index (χ2n) is 3.29. The first-order chi connectivity index (χ1) is 6.29. The first-order valence-electron chi connectivity index (χ1n) is 4.60. The molecule has 2 nitrogen and oxygen atoms in total. The number of hydrogen-bond donors (Lipinski definition) is 0. The van der Waals surface area contributed by atoms with Gasteiger partial charge < -0.3 is 4.74 Å². The molecule has 2 rings (SSSR count). The lowest BCUT2D eigenvalue weighted by atomic mass is 10.2. The predicted octanol–water partition coefficient (Wildman–Crippen LogP) is 2.84. The fraction of sp³-hybridized carbons (Fsp3) is 0.500.